The first-order valence-corrected chi connectivity index (χ1v) is 7.46. The lowest BCUT2D eigenvalue weighted by atomic mass is 9.95. The van der Waals surface area contributed by atoms with Crippen LogP contribution in [0.25, 0.3) is 0 Å². The van der Waals surface area contributed by atoms with Crippen molar-refractivity contribution in [3.8, 4) is 12.1 Å². The summed E-state index contributed by atoms with van der Waals surface area (Å²) in [4.78, 5) is 2.45. The lowest BCUT2D eigenvalue weighted by molar-refractivity contribution is 0.179. The van der Waals surface area contributed by atoms with Gasteiger partial charge in [0.15, 0.2) is 0 Å². The molecule has 17 heavy (non-hydrogen) atoms. The van der Waals surface area contributed by atoms with E-state index in [1.54, 1.807) is 11.8 Å². The van der Waals surface area contributed by atoms with Crippen LogP contribution in [-0.4, -0.2) is 35.5 Å². The molecular formula is C13H19N3S. The Balaban J connectivity index is 1.84. The number of rotatable bonds is 4. The van der Waals surface area contributed by atoms with Gasteiger partial charge in [-0.25, -0.2) is 0 Å². The maximum absolute atomic E-state index is 9.22. The van der Waals surface area contributed by atoms with Crippen molar-refractivity contribution in [2.45, 2.75) is 36.9 Å². The van der Waals surface area contributed by atoms with E-state index in [0.29, 0.717) is 11.8 Å². The number of piperidine rings is 1. The smallest absolute Gasteiger partial charge is 0.104 e. The molecule has 0 aromatic heterocycles. The van der Waals surface area contributed by atoms with Crippen LogP contribution >= 0.6 is 11.8 Å². The quantitative estimate of drug-likeness (QED) is 0.767. The van der Waals surface area contributed by atoms with Crippen LogP contribution in [0.1, 0.15) is 32.1 Å². The SMILES string of the molecule is CSC1(C#N)CCN(CC2(CC#N)CC2)CC1. The Morgan fingerprint density at radius 3 is 2.24 bits per heavy atom. The third kappa shape index (κ3) is 2.76. The number of likely N-dealkylation sites (tertiary alicyclic amines) is 1. The summed E-state index contributed by atoms with van der Waals surface area (Å²) >= 11 is 1.70. The molecule has 2 fully saturated rings. The summed E-state index contributed by atoms with van der Waals surface area (Å²) in [6.07, 6.45) is 7.10. The molecule has 4 heteroatoms. The van der Waals surface area contributed by atoms with Crippen LogP contribution in [0.5, 0.6) is 0 Å². The van der Waals surface area contributed by atoms with Crippen LogP contribution in [0.15, 0.2) is 0 Å². The van der Waals surface area contributed by atoms with Gasteiger partial charge in [-0.3, -0.25) is 0 Å². The first-order chi connectivity index (χ1) is 8.17. The molecule has 1 aliphatic heterocycles. The van der Waals surface area contributed by atoms with Crippen LogP contribution in [0.3, 0.4) is 0 Å². The highest BCUT2D eigenvalue weighted by molar-refractivity contribution is 8.00. The molecule has 0 unspecified atom stereocenters. The fourth-order valence-corrected chi connectivity index (χ4v) is 3.33. The van der Waals surface area contributed by atoms with Crippen molar-refractivity contribution in [3.63, 3.8) is 0 Å². The maximum Gasteiger partial charge on any atom is 0.104 e. The van der Waals surface area contributed by atoms with Crippen molar-refractivity contribution in [2.24, 2.45) is 5.41 Å². The molecule has 0 bridgehead atoms. The van der Waals surface area contributed by atoms with E-state index in [0.717, 1.165) is 32.5 Å². The fourth-order valence-electron chi connectivity index (χ4n) is 2.64. The minimum absolute atomic E-state index is 0.150. The molecule has 0 N–H and O–H groups in total. The zero-order valence-electron chi connectivity index (χ0n) is 10.4. The molecular weight excluding hydrogens is 230 g/mol. The fraction of sp³-hybridized carbons (Fsp3) is 0.846. The van der Waals surface area contributed by atoms with E-state index in [-0.39, 0.29) is 4.75 Å². The highest BCUT2D eigenvalue weighted by Crippen LogP contribution is 2.49. The Labute approximate surface area is 108 Å². The lowest BCUT2D eigenvalue weighted by Gasteiger charge is -2.37. The predicted octanol–water partition coefficient (Wildman–Crippen LogP) is 2.40. The number of hydrogen-bond acceptors (Lipinski definition) is 4. The minimum Gasteiger partial charge on any atom is -0.303 e. The highest BCUT2D eigenvalue weighted by atomic mass is 32.2. The highest BCUT2D eigenvalue weighted by Gasteiger charge is 2.45. The number of nitrogens with zero attached hydrogens (tertiary/aromatic N) is 3. The van der Waals surface area contributed by atoms with E-state index in [2.05, 4.69) is 17.0 Å². The predicted molar refractivity (Wildman–Crippen MR) is 69.4 cm³/mol. The molecule has 3 nitrogen and oxygen atoms in total. The van der Waals surface area contributed by atoms with Gasteiger partial charge in [-0.2, -0.15) is 10.5 Å². The van der Waals surface area contributed by atoms with Crippen molar-refractivity contribution in [3.05, 3.63) is 0 Å². The van der Waals surface area contributed by atoms with Crippen molar-refractivity contribution >= 4 is 11.8 Å². The normalized spacial score (nSPS) is 25.8. The van der Waals surface area contributed by atoms with Gasteiger partial charge in [0.2, 0.25) is 0 Å². The summed E-state index contributed by atoms with van der Waals surface area (Å²) in [6.45, 7) is 3.10. The molecule has 1 saturated heterocycles. The third-order valence-electron chi connectivity index (χ3n) is 4.23. The summed E-state index contributed by atoms with van der Waals surface area (Å²) in [7, 11) is 0. The zero-order valence-corrected chi connectivity index (χ0v) is 11.2. The maximum atomic E-state index is 9.22. The largest absolute Gasteiger partial charge is 0.303 e. The molecule has 92 valence electrons. The Morgan fingerprint density at radius 1 is 1.18 bits per heavy atom. The van der Waals surface area contributed by atoms with E-state index >= 15 is 0 Å². The lowest BCUT2D eigenvalue weighted by Crippen LogP contribution is -2.43. The van der Waals surface area contributed by atoms with Gasteiger partial charge in [-0.15, -0.1) is 11.8 Å². The van der Waals surface area contributed by atoms with Crippen LogP contribution < -0.4 is 0 Å². The van der Waals surface area contributed by atoms with Crippen LogP contribution in [-0.2, 0) is 0 Å². The van der Waals surface area contributed by atoms with Crippen LogP contribution in [0, 0.1) is 28.1 Å². The molecule has 2 rings (SSSR count). The molecule has 0 amide bonds. The molecule has 0 aromatic rings. The molecule has 0 atom stereocenters. The topological polar surface area (TPSA) is 50.8 Å². The molecule has 0 aromatic carbocycles. The molecule has 0 spiro atoms. The summed E-state index contributed by atoms with van der Waals surface area (Å²) in [5.41, 5.74) is 0.306. The van der Waals surface area contributed by atoms with Gasteiger partial charge < -0.3 is 4.90 Å². The van der Waals surface area contributed by atoms with E-state index in [9.17, 15) is 5.26 Å². The summed E-state index contributed by atoms with van der Waals surface area (Å²) in [6, 6.07) is 4.79. The first-order valence-electron chi connectivity index (χ1n) is 6.23. The second kappa shape index (κ2) is 4.88. The van der Waals surface area contributed by atoms with Gasteiger partial charge in [-0.05, 0) is 37.4 Å². The number of nitriles is 2. The summed E-state index contributed by atoms with van der Waals surface area (Å²) in [5, 5.41) is 18.0. The Bertz CT molecular complexity index is 354. The van der Waals surface area contributed by atoms with Crippen molar-refractivity contribution < 1.29 is 0 Å². The molecule has 2 aliphatic rings. The first kappa shape index (κ1) is 12.7. The Kier molecular flexibility index (Phi) is 3.66. The van der Waals surface area contributed by atoms with Gasteiger partial charge in [0.05, 0.1) is 12.1 Å². The average molecular weight is 249 g/mol. The standard InChI is InChI=1S/C13H19N3S/c1-17-13(10-15)5-8-16(9-6-13)11-12(2-3-12)4-7-14/h2-6,8-9,11H2,1H3. The molecule has 1 saturated carbocycles. The van der Waals surface area contributed by atoms with Gasteiger partial charge >= 0.3 is 0 Å². The van der Waals surface area contributed by atoms with Crippen molar-refractivity contribution in [1.29, 1.82) is 10.5 Å². The van der Waals surface area contributed by atoms with Gasteiger partial charge in [0.25, 0.3) is 0 Å². The van der Waals surface area contributed by atoms with E-state index in [1.807, 2.05) is 6.26 Å². The number of hydrogen-bond donors (Lipinski definition) is 0. The van der Waals surface area contributed by atoms with E-state index in [4.69, 9.17) is 5.26 Å². The Hall–Kier alpha value is -0.710. The molecule has 0 radical (unpaired) electrons. The zero-order chi connectivity index (χ0) is 12.4. The minimum atomic E-state index is -0.150. The summed E-state index contributed by atoms with van der Waals surface area (Å²) in [5.74, 6) is 0. The summed E-state index contributed by atoms with van der Waals surface area (Å²) < 4.78 is -0.150. The van der Waals surface area contributed by atoms with Gasteiger partial charge in [0.1, 0.15) is 4.75 Å². The monoisotopic (exact) mass is 249 g/mol. The molecule has 1 heterocycles. The van der Waals surface area contributed by atoms with Crippen molar-refractivity contribution in [1.82, 2.24) is 4.90 Å². The van der Waals surface area contributed by atoms with Gasteiger partial charge in [-0.1, -0.05) is 0 Å². The second-order valence-corrected chi connectivity index (χ2v) is 6.61. The molecule has 1 aliphatic carbocycles. The third-order valence-corrected chi connectivity index (χ3v) is 5.51. The Morgan fingerprint density at radius 2 is 1.82 bits per heavy atom. The number of thioether (sulfide) groups is 1. The van der Waals surface area contributed by atoms with Crippen LogP contribution in [0.2, 0.25) is 0 Å². The van der Waals surface area contributed by atoms with E-state index in [1.165, 1.54) is 12.8 Å². The average Bonchev–Trinajstić information content (AvgIpc) is 3.11. The second-order valence-electron chi connectivity index (χ2n) is 5.42. The van der Waals surface area contributed by atoms with E-state index < -0.39 is 0 Å². The van der Waals surface area contributed by atoms with Crippen LogP contribution in [0.4, 0.5) is 0 Å². The van der Waals surface area contributed by atoms with Crippen molar-refractivity contribution in [2.75, 3.05) is 25.9 Å². The van der Waals surface area contributed by atoms with Gasteiger partial charge in [0, 0.05) is 26.1 Å².